The zero-order valence-corrected chi connectivity index (χ0v) is 21.0. The number of piperidine rings is 1. The predicted molar refractivity (Wildman–Crippen MR) is 134 cm³/mol. The van der Waals surface area contributed by atoms with E-state index in [1.165, 1.54) is 0 Å². The van der Waals surface area contributed by atoms with Crippen molar-refractivity contribution in [3.63, 3.8) is 0 Å². The van der Waals surface area contributed by atoms with Gasteiger partial charge in [-0.05, 0) is 77.1 Å². The molecule has 1 heterocycles. The number of aryl methyl sites for hydroxylation is 1. The number of nitrogens with two attached hydrogens (primary N) is 1. The van der Waals surface area contributed by atoms with Crippen molar-refractivity contribution in [1.82, 2.24) is 4.90 Å². The van der Waals surface area contributed by atoms with E-state index in [0.29, 0.717) is 37.5 Å². The summed E-state index contributed by atoms with van der Waals surface area (Å²) in [6.45, 7) is 9.16. The van der Waals surface area contributed by atoms with Crippen LogP contribution in [0.15, 0.2) is 42.5 Å². The van der Waals surface area contributed by atoms with E-state index in [9.17, 15) is 9.90 Å². The van der Waals surface area contributed by atoms with E-state index in [1.807, 2.05) is 64.1 Å². The molecule has 2 aromatic rings. The lowest BCUT2D eigenvalue weighted by Crippen LogP contribution is -2.49. The van der Waals surface area contributed by atoms with Crippen LogP contribution in [-0.4, -0.2) is 41.3 Å². The highest BCUT2D eigenvalue weighted by atomic mass is 35.5. The van der Waals surface area contributed by atoms with Crippen LogP contribution in [-0.2, 0) is 10.3 Å². The molecule has 1 amide bonds. The maximum absolute atomic E-state index is 12.8. The highest BCUT2D eigenvalue weighted by Crippen LogP contribution is 2.45. The van der Waals surface area contributed by atoms with Crippen LogP contribution in [0.25, 0.3) is 11.1 Å². The molecular weight excluding hydrogens is 436 g/mol. The van der Waals surface area contributed by atoms with Crippen molar-refractivity contribution in [1.29, 1.82) is 0 Å². The molecule has 0 spiro atoms. The molecule has 0 saturated carbocycles. The Labute approximate surface area is 202 Å². The van der Waals surface area contributed by atoms with E-state index in [1.54, 1.807) is 4.90 Å². The van der Waals surface area contributed by atoms with Crippen LogP contribution in [0.3, 0.4) is 0 Å². The van der Waals surface area contributed by atoms with E-state index in [2.05, 4.69) is 6.07 Å². The molecule has 2 atom stereocenters. The predicted octanol–water partition coefficient (Wildman–Crippen LogP) is 5.89. The Hall–Kier alpha value is -2.08. The fraction of sp³-hybridized carbons (Fsp3) is 0.519. The van der Waals surface area contributed by atoms with Crippen LogP contribution < -0.4 is 5.73 Å². The number of ether oxygens (including phenoxy) is 1. The number of rotatable bonds is 6. The largest absolute Gasteiger partial charge is 0.444 e. The van der Waals surface area contributed by atoms with E-state index in [-0.39, 0.29) is 12.0 Å². The summed E-state index contributed by atoms with van der Waals surface area (Å²) in [5.41, 5.74) is 7.86. The first-order valence-electron chi connectivity index (χ1n) is 11.8. The summed E-state index contributed by atoms with van der Waals surface area (Å²) in [5.74, 6) is -0.160. The highest BCUT2D eigenvalue weighted by molar-refractivity contribution is 6.33. The smallest absolute Gasteiger partial charge is 0.410 e. The van der Waals surface area contributed by atoms with Crippen molar-refractivity contribution in [2.75, 3.05) is 19.6 Å². The molecule has 3 rings (SSSR count). The van der Waals surface area contributed by atoms with Gasteiger partial charge in [-0.15, -0.1) is 0 Å². The van der Waals surface area contributed by atoms with E-state index in [0.717, 1.165) is 35.1 Å². The second kappa shape index (κ2) is 10.5. The maximum atomic E-state index is 12.8. The van der Waals surface area contributed by atoms with Crippen LogP contribution >= 0.6 is 11.6 Å². The average molecular weight is 473 g/mol. The number of amides is 1. The molecule has 1 aliphatic heterocycles. The van der Waals surface area contributed by atoms with Crippen molar-refractivity contribution in [2.45, 2.75) is 64.6 Å². The Morgan fingerprint density at radius 2 is 1.97 bits per heavy atom. The first-order valence-corrected chi connectivity index (χ1v) is 12.2. The third kappa shape index (κ3) is 6.08. The van der Waals surface area contributed by atoms with Crippen LogP contribution in [0.1, 0.15) is 57.6 Å². The van der Waals surface area contributed by atoms with Crippen molar-refractivity contribution in [2.24, 2.45) is 11.7 Å². The number of nitrogens with zero attached hydrogens (tertiary/aromatic N) is 1. The van der Waals surface area contributed by atoms with Crippen molar-refractivity contribution >= 4 is 17.7 Å². The first-order chi connectivity index (χ1) is 15.5. The minimum atomic E-state index is -1.18. The van der Waals surface area contributed by atoms with Gasteiger partial charge in [0, 0.05) is 29.6 Å². The standard InChI is InChI=1S/C27H37ClN2O3/c1-19-9-5-10-20(17-19)24-22(12-6-13-23(24)28)27(32,14-8-15-29)21-11-7-16-30(18-21)25(31)33-26(2,3)4/h5-6,9-10,12-13,17,21,32H,7-8,11,14-16,18,29H2,1-4H3/t21-,27?/m1/s1. The molecule has 1 saturated heterocycles. The molecule has 0 bridgehead atoms. The zero-order chi connectivity index (χ0) is 24.2. The fourth-order valence-electron chi connectivity index (χ4n) is 4.77. The molecule has 6 heteroatoms. The zero-order valence-electron chi connectivity index (χ0n) is 20.2. The SMILES string of the molecule is Cc1cccc(-c2c(Cl)cccc2C(O)(CCCN)[C@@H]2CCCN(C(=O)OC(C)(C)C)C2)c1. The van der Waals surface area contributed by atoms with Gasteiger partial charge in [-0.1, -0.05) is 53.6 Å². The van der Waals surface area contributed by atoms with Crippen LogP contribution in [0.4, 0.5) is 4.79 Å². The third-order valence-corrected chi connectivity index (χ3v) is 6.61. The van der Waals surface area contributed by atoms with Gasteiger partial charge in [0.25, 0.3) is 0 Å². The van der Waals surface area contributed by atoms with Gasteiger partial charge in [0.1, 0.15) is 5.60 Å². The van der Waals surface area contributed by atoms with Gasteiger partial charge in [-0.2, -0.15) is 0 Å². The van der Waals surface area contributed by atoms with Gasteiger partial charge in [-0.3, -0.25) is 0 Å². The Kier molecular flexibility index (Phi) is 8.09. The summed E-state index contributed by atoms with van der Waals surface area (Å²) in [4.78, 5) is 14.5. The molecule has 0 aliphatic carbocycles. The topological polar surface area (TPSA) is 75.8 Å². The molecule has 5 nitrogen and oxygen atoms in total. The van der Waals surface area contributed by atoms with Crippen molar-refractivity contribution in [3.8, 4) is 11.1 Å². The second-order valence-corrected chi connectivity index (χ2v) is 10.5. The third-order valence-electron chi connectivity index (χ3n) is 6.30. The van der Waals surface area contributed by atoms with E-state index >= 15 is 0 Å². The fourth-order valence-corrected chi connectivity index (χ4v) is 5.05. The van der Waals surface area contributed by atoms with Gasteiger partial charge >= 0.3 is 6.09 Å². The number of benzene rings is 2. The number of carbonyl (C=O) groups is 1. The molecule has 3 N–H and O–H groups in total. The van der Waals surface area contributed by atoms with Gasteiger partial charge in [-0.25, -0.2) is 4.79 Å². The van der Waals surface area contributed by atoms with Crippen LogP contribution in [0, 0.1) is 12.8 Å². The number of carbonyl (C=O) groups excluding carboxylic acids is 1. The summed E-state index contributed by atoms with van der Waals surface area (Å²) in [6, 6.07) is 13.9. The molecule has 33 heavy (non-hydrogen) atoms. The number of likely N-dealkylation sites (tertiary alicyclic amines) is 1. The minimum Gasteiger partial charge on any atom is -0.444 e. The van der Waals surface area contributed by atoms with E-state index < -0.39 is 11.2 Å². The number of aliphatic hydroxyl groups is 1. The molecule has 1 fully saturated rings. The van der Waals surface area contributed by atoms with E-state index in [4.69, 9.17) is 22.1 Å². The second-order valence-electron chi connectivity index (χ2n) is 10.1. The average Bonchev–Trinajstić information content (AvgIpc) is 2.76. The Morgan fingerprint density at radius 1 is 1.24 bits per heavy atom. The molecule has 1 unspecified atom stereocenters. The lowest BCUT2D eigenvalue weighted by atomic mass is 9.72. The molecule has 1 aliphatic rings. The Morgan fingerprint density at radius 3 is 2.64 bits per heavy atom. The number of halogens is 1. The first kappa shape index (κ1) is 25.5. The summed E-state index contributed by atoms with van der Waals surface area (Å²) < 4.78 is 5.61. The van der Waals surface area contributed by atoms with Crippen molar-refractivity contribution < 1.29 is 14.6 Å². The van der Waals surface area contributed by atoms with Gasteiger partial charge in [0.2, 0.25) is 0 Å². The van der Waals surface area contributed by atoms with Gasteiger partial charge in [0.15, 0.2) is 0 Å². The minimum absolute atomic E-state index is 0.160. The highest BCUT2D eigenvalue weighted by Gasteiger charge is 2.43. The number of hydrogen-bond acceptors (Lipinski definition) is 4. The lowest BCUT2D eigenvalue weighted by Gasteiger charge is -2.43. The maximum Gasteiger partial charge on any atom is 0.410 e. The van der Waals surface area contributed by atoms with Gasteiger partial charge < -0.3 is 20.5 Å². The van der Waals surface area contributed by atoms with Crippen molar-refractivity contribution in [3.05, 3.63) is 58.6 Å². The molecule has 0 aromatic heterocycles. The van der Waals surface area contributed by atoms with Crippen LogP contribution in [0.5, 0.6) is 0 Å². The van der Waals surface area contributed by atoms with Crippen LogP contribution in [0.2, 0.25) is 5.02 Å². The summed E-state index contributed by atoms with van der Waals surface area (Å²) in [7, 11) is 0. The monoisotopic (exact) mass is 472 g/mol. The molecule has 0 radical (unpaired) electrons. The summed E-state index contributed by atoms with van der Waals surface area (Å²) >= 11 is 6.73. The quantitative estimate of drug-likeness (QED) is 0.549. The summed E-state index contributed by atoms with van der Waals surface area (Å²) in [6.07, 6.45) is 2.43. The Bertz CT molecular complexity index is 972. The Balaban J connectivity index is 2.03. The lowest BCUT2D eigenvalue weighted by molar-refractivity contribution is -0.0626. The molecular formula is C27H37ClN2O3. The normalized spacial score (nSPS) is 18.6. The summed E-state index contributed by atoms with van der Waals surface area (Å²) in [5, 5.41) is 12.9. The number of hydrogen-bond donors (Lipinski definition) is 2. The molecule has 2 aromatic carbocycles. The van der Waals surface area contributed by atoms with Gasteiger partial charge in [0.05, 0.1) is 5.60 Å². The molecule has 180 valence electrons.